The van der Waals surface area contributed by atoms with Crippen LogP contribution in [0.25, 0.3) is 0 Å². The maximum atomic E-state index is 13.1. The van der Waals surface area contributed by atoms with E-state index in [-0.39, 0.29) is 19.6 Å². The van der Waals surface area contributed by atoms with Gasteiger partial charge in [-0.1, -0.05) is 193 Å². The lowest BCUT2D eigenvalue weighted by atomic mass is 9.98. The van der Waals surface area contributed by atoms with Crippen molar-refractivity contribution in [1.29, 1.82) is 0 Å². The van der Waals surface area contributed by atoms with Crippen LogP contribution in [0.1, 0.15) is 181 Å². The average Bonchev–Trinajstić information content (AvgIpc) is 3.46. The molecule has 2 aliphatic heterocycles. The van der Waals surface area contributed by atoms with E-state index in [4.69, 9.17) is 28.4 Å². The van der Waals surface area contributed by atoms with Gasteiger partial charge in [0.2, 0.25) is 0 Å². The number of hydrogen-bond donors (Lipinski definition) is 7. The van der Waals surface area contributed by atoms with Gasteiger partial charge in [0, 0.05) is 13.0 Å². The zero-order valence-electron chi connectivity index (χ0n) is 48.3. The Morgan fingerprint density at radius 3 is 1.23 bits per heavy atom. The summed E-state index contributed by atoms with van der Waals surface area (Å²) in [4.78, 5) is 13.1. The van der Waals surface area contributed by atoms with Crippen LogP contribution in [0.3, 0.4) is 0 Å². The summed E-state index contributed by atoms with van der Waals surface area (Å²) in [6.07, 6.45) is 53.9. The van der Waals surface area contributed by atoms with E-state index < -0.39 is 86.7 Å². The molecule has 0 saturated carbocycles. The molecular weight excluding hydrogens is 1000 g/mol. The second kappa shape index (κ2) is 50.1. The predicted molar refractivity (Wildman–Crippen MR) is 316 cm³/mol. The lowest BCUT2D eigenvalue weighted by Crippen LogP contribution is -2.61. The number of allylic oxidation sites excluding steroid dienone is 20. The number of carbonyl (C=O) groups is 1. The molecule has 0 aliphatic carbocycles. The second-order valence-electron chi connectivity index (χ2n) is 20.4. The van der Waals surface area contributed by atoms with Crippen molar-refractivity contribution in [3.8, 4) is 0 Å². The molecule has 2 fully saturated rings. The van der Waals surface area contributed by atoms with Gasteiger partial charge in [-0.25, -0.2) is 0 Å². The minimum Gasteiger partial charge on any atom is -0.457 e. The summed E-state index contributed by atoms with van der Waals surface area (Å²) >= 11 is 0. The van der Waals surface area contributed by atoms with Gasteiger partial charge in [-0.15, -0.1) is 0 Å². The number of aliphatic hydroxyl groups is 7. The molecule has 0 bridgehead atoms. The van der Waals surface area contributed by atoms with Crippen LogP contribution in [0.4, 0.5) is 0 Å². The van der Waals surface area contributed by atoms with Gasteiger partial charge in [-0.2, -0.15) is 0 Å². The molecule has 79 heavy (non-hydrogen) atoms. The van der Waals surface area contributed by atoms with Crippen LogP contribution < -0.4 is 0 Å². The van der Waals surface area contributed by atoms with Crippen molar-refractivity contribution in [3.05, 3.63) is 122 Å². The number of esters is 1. The highest BCUT2D eigenvalue weighted by molar-refractivity contribution is 5.69. The Morgan fingerprint density at radius 1 is 0.418 bits per heavy atom. The Labute approximate surface area is 476 Å². The van der Waals surface area contributed by atoms with Crippen LogP contribution in [0.2, 0.25) is 0 Å². The third-order valence-electron chi connectivity index (χ3n) is 13.5. The minimum atomic E-state index is -1.72. The molecule has 0 aromatic rings. The first-order chi connectivity index (χ1) is 38.6. The van der Waals surface area contributed by atoms with Gasteiger partial charge in [-0.05, 0) is 103 Å². The van der Waals surface area contributed by atoms with Crippen molar-refractivity contribution in [3.63, 3.8) is 0 Å². The summed E-state index contributed by atoms with van der Waals surface area (Å²) in [6.45, 7) is 3.40. The van der Waals surface area contributed by atoms with E-state index in [2.05, 4.69) is 135 Å². The smallest absolute Gasteiger partial charge is 0.306 e. The lowest BCUT2D eigenvalue weighted by Gasteiger charge is -2.42. The van der Waals surface area contributed by atoms with Crippen molar-refractivity contribution in [2.45, 2.75) is 248 Å². The van der Waals surface area contributed by atoms with Crippen molar-refractivity contribution >= 4 is 5.97 Å². The van der Waals surface area contributed by atoms with Crippen molar-refractivity contribution in [2.24, 2.45) is 0 Å². The van der Waals surface area contributed by atoms with Crippen LogP contribution in [0, 0.1) is 0 Å². The topological polar surface area (TPSA) is 214 Å². The molecule has 0 spiro atoms. The van der Waals surface area contributed by atoms with Crippen molar-refractivity contribution in [2.75, 3.05) is 33.0 Å². The SMILES string of the molecule is CC/C=C\C/C=C\C/C=C\C/C=C\C/C=C\C/C=C\CCCCCCCCC(=O)OC(COCCCCCCCCC/C=C\C/C=C\C/C=C\C/C=C\CC)COC1OC(COC2OC(CO)C(O)C(O)C2O)C(O)C(O)C1O. The zero-order chi connectivity index (χ0) is 57.2. The monoisotopic (exact) mass is 1110 g/mol. The summed E-state index contributed by atoms with van der Waals surface area (Å²) in [5.74, 6) is -0.400. The third-order valence-corrected chi connectivity index (χ3v) is 13.5. The number of aliphatic hydroxyl groups excluding tert-OH is 7. The second-order valence-corrected chi connectivity index (χ2v) is 20.4. The van der Waals surface area contributed by atoms with Crippen molar-refractivity contribution < 1.29 is 69.0 Å². The quantitative estimate of drug-likeness (QED) is 0.0172. The highest BCUT2D eigenvalue weighted by atomic mass is 16.7. The predicted octanol–water partition coefficient (Wildman–Crippen LogP) is 11.3. The van der Waals surface area contributed by atoms with E-state index >= 15 is 0 Å². The molecule has 0 aromatic carbocycles. The van der Waals surface area contributed by atoms with E-state index in [1.807, 2.05) is 0 Å². The maximum Gasteiger partial charge on any atom is 0.306 e. The minimum absolute atomic E-state index is 0.0391. The maximum absolute atomic E-state index is 13.1. The van der Waals surface area contributed by atoms with Gasteiger partial charge in [0.25, 0.3) is 0 Å². The van der Waals surface area contributed by atoms with E-state index in [1.54, 1.807) is 0 Å². The Balaban J connectivity index is 1.72. The first-order valence-electron chi connectivity index (χ1n) is 30.1. The molecule has 14 nitrogen and oxygen atoms in total. The van der Waals surface area contributed by atoms with E-state index in [0.717, 1.165) is 135 Å². The molecule has 2 rings (SSSR count). The van der Waals surface area contributed by atoms with E-state index in [1.165, 1.54) is 19.3 Å². The molecule has 0 radical (unpaired) electrons. The van der Waals surface area contributed by atoms with Crippen LogP contribution in [-0.2, 0) is 33.2 Å². The normalized spacial score (nSPS) is 24.9. The standard InChI is InChI=1S/C65H106O14/c1-3-5-7-9-11-13-15-17-19-21-23-25-26-27-28-29-30-32-34-36-38-40-42-44-46-48-57(67)77-54(51-74-49-47-45-43-41-39-37-35-33-31-24-22-20-18-16-14-12-10-8-6-4-2)52-75-64-63(73)61(71)59(69)56(79-64)53-76-65-62(72)60(70)58(68)55(50-66)78-65/h5-8,11-14,17-20,23-25,27-28,30-32,54-56,58-66,68-73H,3-4,9-10,15-16,21-22,26,29,33-53H2,1-2H3/b7-5-,8-6-,13-11-,14-12-,19-17-,20-18-,25-23-,28-27-,31-24-,32-30-. The summed E-state index contributed by atoms with van der Waals surface area (Å²) in [6, 6.07) is 0. The fourth-order valence-electron chi connectivity index (χ4n) is 8.69. The van der Waals surface area contributed by atoms with Gasteiger partial charge in [0.1, 0.15) is 54.9 Å². The largest absolute Gasteiger partial charge is 0.457 e. The zero-order valence-corrected chi connectivity index (χ0v) is 48.3. The Bertz CT molecular complexity index is 1770. The molecule has 2 heterocycles. The molecule has 0 aromatic heterocycles. The van der Waals surface area contributed by atoms with Crippen LogP contribution in [0.15, 0.2) is 122 Å². The number of carbonyl (C=O) groups excluding carboxylic acids is 1. The number of ether oxygens (including phenoxy) is 6. The number of hydrogen-bond acceptors (Lipinski definition) is 14. The van der Waals surface area contributed by atoms with Gasteiger partial charge < -0.3 is 64.2 Å². The fraction of sp³-hybridized carbons (Fsp3) is 0.677. The molecule has 7 N–H and O–H groups in total. The summed E-state index contributed by atoms with van der Waals surface area (Å²) in [7, 11) is 0. The average molecular weight is 1110 g/mol. The fourth-order valence-corrected chi connectivity index (χ4v) is 8.69. The highest BCUT2D eigenvalue weighted by Gasteiger charge is 2.47. The third kappa shape index (κ3) is 36.5. The van der Waals surface area contributed by atoms with Crippen LogP contribution in [-0.4, -0.2) is 142 Å². The first kappa shape index (κ1) is 71.5. The van der Waals surface area contributed by atoms with Crippen molar-refractivity contribution in [1.82, 2.24) is 0 Å². The summed E-state index contributed by atoms with van der Waals surface area (Å²) in [5.41, 5.74) is 0. The molecule has 14 heteroatoms. The Hall–Kier alpha value is -3.61. The highest BCUT2D eigenvalue weighted by Crippen LogP contribution is 2.26. The van der Waals surface area contributed by atoms with Gasteiger partial charge in [0.05, 0.1) is 26.4 Å². The lowest BCUT2D eigenvalue weighted by molar-refractivity contribution is -0.332. The van der Waals surface area contributed by atoms with E-state index in [9.17, 15) is 40.5 Å². The van der Waals surface area contributed by atoms with E-state index in [0.29, 0.717) is 13.0 Å². The molecule has 11 atom stereocenters. The first-order valence-corrected chi connectivity index (χ1v) is 30.1. The molecule has 0 amide bonds. The molecular formula is C65H106O14. The van der Waals surface area contributed by atoms with Gasteiger partial charge in [0.15, 0.2) is 12.6 Å². The Kier molecular flexibility index (Phi) is 45.4. The molecule has 11 unspecified atom stereocenters. The number of unbranched alkanes of at least 4 members (excludes halogenated alkanes) is 13. The van der Waals surface area contributed by atoms with Crippen LogP contribution >= 0.6 is 0 Å². The molecule has 2 aliphatic rings. The summed E-state index contributed by atoms with van der Waals surface area (Å²) < 4.78 is 34.4. The van der Waals surface area contributed by atoms with Gasteiger partial charge >= 0.3 is 5.97 Å². The summed E-state index contributed by atoms with van der Waals surface area (Å²) in [5, 5.41) is 72.4. The number of rotatable bonds is 47. The Morgan fingerprint density at radius 2 is 0.785 bits per heavy atom. The molecule has 2 saturated heterocycles. The van der Waals surface area contributed by atoms with Gasteiger partial charge in [-0.3, -0.25) is 4.79 Å². The van der Waals surface area contributed by atoms with Crippen LogP contribution in [0.5, 0.6) is 0 Å². The molecule has 450 valence electrons.